The summed E-state index contributed by atoms with van der Waals surface area (Å²) in [4.78, 5) is 14.5. The first-order valence-corrected chi connectivity index (χ1v) is 6.15. The second-order valence-corrected chi connectivity index (χ2v) is 4.49. The lowest BCUT2D eigenvalue weighted by molar-refractivity contribution is 0.0698. The van der Waals surface area contributed by atoms with Crippen molar-refractivity contribution in [2.24, 2.45) is 5.73 Å². The number of H-pyrrole nitrogens is 1. The molecule has 0 radical (unpaired) electrons. The highest BCUT2D eigenvalue weighted by Gasteiger charge is 2.16. The van der Waals surface area contributed by atoms with E-state index in [0.717, 1.165) is 35.0 Å². The lowest BCUT2D eigenvalue weighted by atomic mass is 10.0. The molecule has 0 atom stereocenters. The summed E-state index contributed by atoms with van der Waals surface area (Å²) in [5.74, 6) is -0.893. The summed E-state index contributed by atoms with van der Waals surface area (Å²) in [5.41, 5.74) is 9.84. The molecule has 2 rings (SSSR count). The van der Waals surface area contributed by atoms with Crippen molar-refractivity contribution in [2.75, 3.05) is 6.54 Å². The Kier molecular flexibility index (Phi) is 3.39. The van der Waals surface area contributed by atoms with Crippen LogP contribution >= 0.6 is 0 Å². The van der Waals surface area contributed by atoms with Crippen LogP contribution < -0.4 is 5.73 Å². The summed E-state index contributed by atoms with van der Waals surface area (Å²) in [6.07, 6.45) is 1.58. The third-order valence-corrected chi connectivity index (χ3v) is 3.32. The van der Waals surface area contributed by atoms with Gasteiger partial charge in [0, 0.05) is 11.1 Å². The van der Waals surface area contributed by atoms with Gasteiger partial charge in [-0.15, -0.1) is 0 Å². The number of carbonyl (C=O) groups is 1. The predicted octanol–water partition coefficient (Wildman–Crippen LogP) is 2.24. The topological polar surface area (TPSA) is 79.1 Å². The molecule has 0 aliphatic rings. The van der Waals surface area contributed by atoms with Crippen LogP contribution in [0.2, 0.25) is 0 Å². The first kappa shape index (κ1) is 12.6. The van der Waals surface area contributed by atoms with Crippen molar-refractivity contribution in [3.63, 3.8) is 0 Å². The van der Waals surface area contributed by atoms with Crippen LogP contribution in [0.1, 0.15) is 34.1 Å². The average Bonchev–Trinajstić information content (AvgIpc) is 2.65. The van der Waals surface area contributed by atoms with Crippen LogP contribution in [0.5, 0.6) is 0 Å². The van der Waals surface area contributed by atoms with Gasteiger partial charge in [0.1, 0.15) is 0 Å². The number of carboxylic acid groups (broad SMARTS) is 1. The summed E-state index contributed by atoms with van der Waals surface area (Å²) < 4.78 is 0. The van der Waals surface area contributed by atoms with Crippen LogP contribution in [0.25, 0.3) is 10.9 Å². The fourth-order valence-corrected chi connectivity index (χ4v) is 2.38. The molecule has 1 heterocycles. The molecule has 0 saturated heterocycles. The van der Waals surface area contributed by atoms with Crippen LogP contribution in [0.4, 0.5) is 0 Å². The number of aryl methyl sites for hydroxylation is 2. The normalized spacial score (nSPS) is 11.1. The van der Waals surface area contributed by atoms with Gasteiger partial charge in [0.15, 0.2) is 0 Å². The minimum atomic E-state index is -0.893. The van der Waals surface area contributed by atoms with Crippen LogP contribution in [0.15, 0.2) is 12.1 Å². The van der Waals surface area contributed by atoms with Gasteiger partial charge in [-0.2, -0.15) is 0 Å². The number of aromatic amines is 1. The molecule has 18 heavy (non-hydrogen) atoms. The molecule has 4 N–H and O–H groups in total. The molecule has 4 nitrogen and oxygen atoms in total. The number of aromatic carboxylic acids is 1. The number of hydrogen-bond acceptors (Lipinski definition) is 2. The third kappa shape index (κ3) is 1.99. The van der Waals surface area contributed by atoms with Gasteiger partial charge >= 0.3 is 5.97 Å². The second kappa shape index (κ2) is 4.82. The fourth-order valence-electron chi connectivity index (χ4n) is 2.38. The SMILES string of the molecule is CCc1cc(C(=O)O)c2[nH]c(C)c(CCN)c2c1. The number of benzene rings is 1. The molecule has 0 amide bonds. The Labute approximate surface area is 106 Å². The maximum atomic E-state index is 11.3. The molecule has 0 fully saturated rings. The Morgan fingerprint density at radius 1 is 1.44 bits per heavy atom. The molecular weight excluding hydrogens is 228 g/mol. The molecular formula is C14H18N2O2. The highest BCUT2D eigenvalue weighted by atomic mass is 16.4. The number of carboxylic acids is 1. The highest BCUT2D eigenvalue weighted by Crippen LogP contribution is 2.27. The average molecular weight is 246 g/mol. The third-order valence-electron chi connectivity index (χ3n) is 3.32. The number of aromatic nitrogens is 1. The van der Waals surface area contributed by atoms with Crippen molar-refractivity contribution >= 4 is 16.9 Å². The first-order chi connectivity index (χ1) is 8.58. The van der Waals surface area contributed by atoms with Gasteiger partial charge in [-0.1, -0.05) is 6.92 Å². The smallest absolute Gasteiger partial charge is 0.337 e. The van der Waals surface area contributed by atoms with Crippen LogP contribution in [-0.2, 0) is 12.8 Å². The Bertz CT molecular complexity index is 599. The Hall–Kier alpha value is -1.81. The second-order valence-electron chi connectivity index (χ2n) is 4.49. The van der Waals surface area contributed by atoms with Gasteiger partial charge in [0.05, 0.1) is 11.1 Å². The van der Waals surface area contributed by atoms with Crippen molar-refractivity contribution in [1.82, 2.24) is 4.98 Å². The summed E-state index contributed by atoms with van der Waals surface area (Å²) in [7, 11) is 0. The lowest BCUT2D eigenvalue weighted by Gasteiger charge is -2.04. The molecule has 2 aromatic rings. The molecule has 0 saturated carbocycles. The highest BCUT2D eigenvalue weighted by molar-refractivity contribution is 6.03. The van der Waals surface area contributed by atoms with E-state index in [9.17, 15) is 9.90 Å². The van der Waals surface area contributed by atoms with E-state index in [-0.39, 0.29) is 0 Å². The molecule has 0 bridgehead atoms. The van der Waals surface area contributed by atoms with Gasteiger partial charge in [0.25, 0.3) is 0 Å². The minimum absolute atomic E-state index is 0.343. The molecule has 1 aromatic heterocycles. The van der Waals surface area contributed by atoms with Gasteiger partial charge in [-0.3, -0.25) is 0 Å². The van der Waals surface area contributed by atoms with Crippen molar-refractivity contribution < 1.29 is 9.90 Å². The van der Waals surface area contributed by atoms with Gasteiger partial charge in [-0.05, 0) is 49.6 Å². The summed E-state index contributed by atoms with van der Waals surface area (Å²) in [6, 6.07) is 3.81. The maximum Gasteiger partial charge on any atom is 0.337 e. The van der Waals surface area contributed by atoms with E-state index in [2.05, 4.69) is 11.1 Å². The molecule has 0 aliphatic heterocycles. The van der Waals surface area contributed by atoms with Crippen LogP contribution in [0, 0.1) is 6.92 Å². The van der Waals surface area contributed by atoms with E-state index in [4.69, 9.17) is 5.73 Å². The minimum Gasteiger partial charge on any atom is -0.478 e. The molecule has 96 valence electrons. The van der Waals surface area contributed by atoms with E-state index >= 15 is 0 Å². The van der Waals surface area contributed by atoms with Crippen molar-refractivity contribution in [3.8, 4) is 0 Å². The lowest BCUT2D eigenvalue weighted by Crippen LogP contribution is -2.03. The van der Waals surface area contributed by atoms with Crippen molar-refractivity contribution in [3.05, 3.63) is 34.5 Å². The Balaban J connectivity index is 2.78. The Morgan fingerprint density at radius 2 is 2.17 bits per heavy atom. The number of rotatable bonds is 4. The molecule has 1 aromatic carbocycles. The molecule has 0 aliphatic carbocycles. The molecule has 0 unspecified atom stereocenters. The summed E-state index contributed by atoms with van der Waals surface area (Å²) in [6.45, 7) is 4.55. The van der Waals surface area contributed by atoms with E-state index in [1.54, 1.807) is 6.07 Å². The molecule has 4 heteroatoms. The number of hydrogen-bond donors (Lipinski definition) is 3. The predicted molar refractivity (Wildman–Crippen MR) is 72.1 cm³/mol. The van der Waals surface area contributed by atoms with E-state index < -0.39 is 5.97 Å². The Morgan fingerprint density at radius 3 is 2.72 bits per heavy atom. The van der Waals surface area contributed by atoms with E-state index in [0.29, 0.717) is 17.6 Å². The van der Waals surface area contributed by atoms with Gasteiger partial charge < -0.3 is 15.8 Å². The monoisotopic (exact) mass is 246 g/mol. The zero-order chi connectivity index (χ0) is 13.3. The van der Waals surface area contributed by atoms with E-state index in [1.807, 2.05) is 13.8 Å². The van der Waals surface area contributed by atoms with Crippen LogP contribution in [-0.4, -0.2) is 22.6 Å². The summed E-state index contributed by atoms with van der Waals surface area (Å²) in [5, 5.41) is 10.3. The maximum absolute atomic E-state index is 11.3. The van der Waals surface area contributed by atoms with Crippen molar-refractivity contribution in [1.29, 1.82) is 0 Å². The van der Waals surface area contributed by atoms with Gasteiger partial charge in [0.2, 0.25) is 0 Å². The van der Waals surface area contributed by atoms with E-state index in [1.165, 1.54) is 0 Å². The standard InChI is InChI=1S/C14H18N2O2/c1-3-9-6-11-10(4-5-15)8(2)16-13(11)12(7-9)14(17)18/h6-7,16H,3-5,15H2,1-2H3,(H,17,18). The zero-order valence-electron chi connectivity index (χ0n) is 10.7. The zero-order valence-corrected chi connectivity index (χ0v) is 10.7. The number of nitrogens with two attached hydrogens (primary N) is 1. The molecule has 0 spiro atoms. The fraction of sp³-hybridized carbons (Fsp3) is 0.357. The number of fused-ring (bicyclic) bond motifs is 1. The van der Waals surface area contributed by atoms with Crippen molar-refractivity contribution in [2.45, 2.75) is 26.7 Å². The summed E-state index contributed by atoms with van der Waals surface area (Å²) >= 11 is 0. The number of nitrogens with one attached hydrogen (secondary N) is 1. The first-order valence-electron chi connectivity index (χ1n) is 6.15. The van der Waals surface area contributed by atoms with Crippen LogP contribution in [0.3, 0.4) is 0 Å². The quantitative estimate of drug-likeness (QED) is 0.774. The van der Waals surface area contributed by atoms with Gasteiger partial charge in [-0.25, -0.2) is 4.79 Å². The largest absolute Gasteiger partial charge is 0.478 e.